The molecule has 0 amide bonds. The average Bonchev–Trinajstić information content (AvgIpc) is 2.38. The van der Waals surface area contributed by atoms with Gasteiger partial charge in [0.1, 0.15) is 0 Å². The van der Waals surface area contributed by atoms with Crippen molar-refractivity contribution in [2.45, 2.75) is 51.4 Å². The van der Waals surface area contributed by atoms with Crippen LogP contribution in [0.2, 0.25) is 0 Å². The summed E-state index contributed by atoms with van der Waals surface area (Å²) in [6, 6.07) is 0. The van der Waals surface area contributed by atoms with Crippen LogP contribution in [0.25, 0.3) is 0 Å². The molecular weight excluding hydrogens is 214 g/mol. The van der Waals surface area contributed by atoms with E-state index in [9.17, 15) is 4.79 Å². The monoisotopic (exact) mass is 240 g/mol. The van der Waals surface area contributed by atoms with Crippen LogP contribution in [-0.2, 0) is 9.53 Å². The molecule has 1 saturated heterocycles. The van der Waals surface area contributed by atoms with E-state index in [1.165, 1.54) is 45.1 Å². The normalized spacial score (nSPS) is 17.2. The van der Waals surface area contributed by atoms with E-state index in [4.69, 9.17) is 4.74 Å². The Morgan fingerprint density at radius 3 is 2.12 bits per heavy atom. The highest BCUT2D eigenvalue weighted by Gasteiger charge is 2.08. The number of ether oxygens (including phenoxy) is 1. The van der Waals surface area contributed by atoms with Crippen LogP contribution in [0.15, 0.2) is 0 Å². The molecule has 99 valence electrons. The zero-order chi connectivity index (χ0) is 12.2. The van der Waals surface area contributed by atoms with Gasteiger partial charge in [0.15, 0.2) is 6.29 Å². The number of carbonyl (C=O) groups excluding carboxylic acids is 1. The zero-order valence-electron chi connectivity index (χ0n) is 11.0. The van der Waals surface area contributed by atoms with Crippen molar-refractivity contribution in [3.8, 4) is 0 Å². The van der Waals surface area contributed by atoms with Gasteiger partial charge in [0.05, 0.1) is 13.2 Å². The Morgan fingerprint density at radius 2 is 1.47 bits per heavy atom. The molecule has 0 aromatic heterocycles. The lowest BCUT2D eigenvalue weighted by molar-refractivity contribution is 0.0371. The van der Waals surface area contributed by atoms with E-state index < -0.39 is 0 Å². The minimum Gasteiger partial charge on any atom is -0.379 e. The average molecular weight is 240 g/mol. The van der Waals surface area contributed by atoms with Crippen LogP contribution in [0.1, 0.15) is 51.4 Å². The van der Waals surface area contributed by atoms with E-state index in [0.29, 0.717) is 6.42 Å². The van der Waals surface area contributed by atoms with Gasteiger partial charge in [0.2, 0.25) is 0 Å². The molecular formula is C14H26NO2. The van der Waals surface area contributed by atoms with Gasteiger partial charge in [0.25, 0.3) is 0 Å². The predicted octanol–water partition coefficient (Wildman–Crippen LogP) is 2.55. The van der Waals surface area contributed by atoms with Crippen molar-refractivity contribution < 1.29 is 9.53 Å². The van der Waals surface area contributed by atoms with Crippen molar-refractivity contribution in [3.05, 3.63) is 0 Å². The highest BCUT2D eigenvalue weighted by atomic mass is 16.5. The lowest BCUT2D eigenvalue weighted by Crippen LogP contribution is -2.36. The zero-order valence-corrected chi connectivity index (χ0v) is 11.0. The Hall–Kier alpha value is -0.410. The first-order valence-corrected chi connectivity index (χ1v) is 7.08. The van der Waals surface area contributed by atoms with Crippen LogP contribution in [0, 0.1) is 0 Å². The number of hydrogen-bond acceptors (Lipinski definition) is 3. The summed E-state index contributed by atoms with van der Waals surface area (Å²) in [5.74, 6) is 0. The molecule has 1 aliphatic rings. The van der Waals surface area contributed by atoms with Crippen molar-refractivity contribution in [2.75, 3.05) is 32.8 Å². The Labute approximate surface area is 106 Å². The Bertz CT molecular complexity index is 179. The van der Waals surface area contributed by atoms with Gasteiger partial charge in [-0.05, 0) is 19.4 Å². The van der Waals surface area contributed by atoms with Crippen LogP contribution >= 0.6 is 0 Å². The first-order chi connectivity index (χ1) is 8.43. The minimum atomic E-state index is 0.622. The van der Waals surface area contributed by atoms with Crippen LogP contribution in [0.4, 0.5) is 0 Å². The molecule has 0 aromatic rings. The van der Waals surface area contributed by atoms with Crippen molar-refractivity contribution in [2.24, 2.45) is 0 Å². The van der Waals surface area contributed by atoms with Crippen molar-refractivity contribution in [3.63, 3.8) is 0 Å². The van der Waals surface area contributed by atoms with Crippen LogP contribution in [0.5, 0.6) is 0 Å². The van der Waals surface area contributed by atoms with Gasteiger partial charge >= 0.3 is 0 Å². The number of rotatable bonds is 10. The van der Waals surface area contributed by atoms with Crippen LogP contribution in [0.3, 0.4) is 0 Å². The first kappa shape index (κ1) is 14.7. The van der Waals surface area contributed by atoms with E-state index in [0.717, 1.165) is 32.7 Å². The van der Waals surface area contributed by atoms with Gasteiger partial charge in [-0.1, -0.05) is 32.1 Å². The van der Waals surface area contributed by atoms with E-state index in [1.54, 1.807) is 0 Å². The van der Waals surface area contributed by atoms with Gasteiger partial charge < -0.3 is 4.74 Å². The Balaban J connectivity index is 1.76. The highest BCUT2D eigenvalue weighted by molar-refractivity contribution is 5.50. The molecule has 0 aliphatic carbocycles. The van der Waals surface area contributed by atoms with Crippen LogP contribution < -0.4 is 0 Å². The molecule has 17 heavy (non-hydrogen) atoms. The second kappa shape index (κ2) is 10.7. The smallest absolute Gasteiger partial charge is 0.198 e. The standard InChI is InChI=1S/C14H26NO2/c16-12-8-6-4-2-1-3-5-7-9-15-10-13-17-14-11-15/h1-11,13-14H2. The molecule has 0 N–H and O–H groups in total. The fourth-order valence-corrected chi connectivity index (χ4v) is 2.24. The number of nitrogens with zero attached hydrogens (tertiary/aromatic N) is 1. The SMILES string of the molecule is O=[C]CCCCCCCCCN1CCOCC1. The van der Waals surface area contributed by atoms with E-state index >= 15 is 0 Å². The van der Waals surface area contributed by atoms with E-state index in [1.807, 2.05) is 6.29 Å². The Kier molecular flexibility index (Phi) is 9.24. The third-order valence-corrected chi connectivity index (χ3v) is 3.36. The quantitative estimate of drug-likeness (QED) is 0.550. The third kappa shape index (κ3) is 8.33. The summed E-state index contributed by atoms with van der Waals surface area (Å²) in [6.45, 7) is 5.29. The fourth-order valence-electron chi connectivity index (χ4n) is 2.24. The van der Waals surface area contributed by atoms with Gasteiger partial charge in [0, 0.05) is 19.5 Å². The molecule has 0 unspecified atom stereocenters. The summed E-state index contributed by atoms with van der Waals surface area (Å²) in [4.78, 5) is 12.5. The highest BCUT2D eigenvalue weighted by Crippen LogP contribution is 2.09. The fraction of sp³-hybridized carbons (Fsp3) is 0.929. The van der Waals surface area contributed by atoms with Crippen molar-refractivity contribution in [1.82, 2.24) is 4.90 Å². The second-order valence-electron chi connectivity index (χ2n) is 4.82. The van der Waals surface area contributed by atoms with Crippen LogP contribution in [-0.4, -0.2) is 44.0 Å². The molecule has 1 aliphatic heterocycles. The molecule has 0 saturated carbocycles. The van der Waals surface area contributed by atoms with E-state index in [-0.39, 0.29) is 0 Å². The topological polar surface area (TPSA) is 29.5 Å². The number of morpholine rings is 1. The molecule has 1 heterocycles. The summed E-state index contributed by atoms with van der Waals surface area (Å²) in [5.41, 5.74) is 0. The van der Waals surface area contributed by atoms with Gasteiger partial charge in [-0.2, -0.15) is 0 Å². The largest absolute Gasteiger partial charge is 0.379 e. The molecule has 0 bridgehead atoms. The number of unbranched alkanes of at least 4 members (excludes halogenated alkanes) is 7. The minimum absolute atomic E-state index is 0.622. The summed E-state index contributed by atoms with van der Waals surface area (Å²) in [6.07, 6.45) is 11.4. The molecule has 0 spiro atoms. The lowest BCUT2D eigenvalue weighted by Gasteiger charge is -2.26. The molecule has 1 rings (SSSR count). The second-order valence-corrected chi connectivity index (χ2v) is 4.82. The van der Waals surface area contributed by atoms with E-state index in [2.05, 4.69) is 4.90 Å². The first-order valence-electron chi connectivity index (χ1n) is 7.08. The molecule has 3 nitrogen and oxygen atoms in total. The van der Waals surface area contributed by atoms with Crippen molar-refractivity contribution >= 4 is 6.29 Å². The lowest BCUT2D eigenvalue weighted by atomic mass is 10.1. The summed E-state index contributed by atoms with van der Waals surface area (Å²) in [7, 11) is 0. The summed E-state index contributed by atoms with van der Waals surface area (Å²) in [5, 5.41) is 0. The molecule has 1 radical (unpaired) electrons. The maximum Gasteiger partial charge on any atom is 0.198 e. The molecule has 1 fully saturated rings. The maximum absolute atomic E-state index is 9.99. The Morgan fingerprint density at radius 1 is 0.882 bits per heavy atom. The predicted molar refractivity (Wildman–Crippen MR) is 69.9 cm³/mol. The van der Waals surface area contributed by atoms with Gasteiger partial charge in [-0.25, -0.2) is 0 Å². The number of hydrogen-bond donors (Lipinski definition) is 0. The molecule has 3 heteroatoms. The summed E-state index contributed by atoms with van der Waals surface area (Å²) >= 11 is 0. The van der Waals surface area contributed by atoms with Crippen molar-refractivity contribution in [1.29, 1.82) is 0 Å². The maximum atomic E-state index is 9.99. The summed E-state index contributed by atoms with van der Waals surface area (Å²) < 4.78 is 5.32. The van der Waals surface area contributed by atoms with Gasteiger partial charge in [-0.15, -0.1) is 0 Å². The van der Waals surface area contributed by atoms with Gasteiger partial charge in [-0.3, -0.25) is 9.69 Å². The third-order valence-electron chi connectivity index (χ3n) is 3.36. The molecule has 0 aromatic carbocycles. The molecule has 0 atom stereocenters.